The molecule has 0 bridgehead atoms. The maximum Gasteiger partial charge on any atom is 0.222 e. The highest BCUT2D eigenvalue weighted by Crippen LogP contribution is 2.13. The number of rotatable bonds is 7. The predicted molar refractivity (Wildman–Crippen MR) is 122 cm³/mol. The molecule has 0 saturated carbocycles. The lowest BCUT2D eigenvalue weighted by Crippen LogP contribution is -2.45. The number of likely N-dealkylation sites (tertiary alicyclic amines) is 1. The second kappa shape index (κ2) is 12.3. The number of thioether (sulfide) groups is 1. The van der Waals surface area contributed by atoms with Gasteiger partial charge in [-0.25, -0.2) is 12.7 Å². The second-order valence-electron chi connectivity index (χ2n) is 6.41. The van der Waals surface area contributed by atoms with E-state index in [1.807, 2.05) is 18.7 Å². The van der Waals surface area contributed by atoms with Gasteiger partial charge in [-0.3, -0.25) is 9.79 Å². The maximum atomic E-state index is 12.4. The summed E-state index contributed by atoms with van der Waals surface area (Å²) in [6.07, 6.45) is 1.40. The largest absolute Gasteiger partial charge is 0.357 e. The number of carbonyl (C=O) groups is 1. The molecule has 0 aromatic heterocycles. The van der Waals surface area contributed by atoms with Crippen LogP contribution in [0.5, 0.6) is 0 Å². The first-order valence-electron chi connectivity index (χ1n) is 9.34. The molecule has 158 valence electrons. The van der Waals surface area contributed by atoms with Gasteiger partial charge in [-0.15, -0.1) is 24.0 Å². The van der Waals surface area contributed by atoms with E-state index in [-0.39, 0.29) is 48.2 Å². The van der Waals surface area contributed by atoms with Crippen molar-refractivity contribution in [1.29, 1.82) is 0 Å². The Hall–Kier alpha value is -0.270. The summed E-state index contributed by atoms with van der Waals surface area (Å²) in [4.78, 5) is 18.1. The topological polar surface area (TPSA) is 94.1 Å². The molecule has 2 heterocycles. The number of hydrogen-bond donors (Lipinski definition) is 2. The summed E-state index contributed by atoms with van der Waals surface area (Å²) in [5.41, 5.74) is 0. The molecule has 2 aliphatic heterocycles. The zero-order chi connectivity index (χ0) is 19.0. The fourth-order valence-electron chi connectivity index (χ4n) is 3.07. The standard InChI is InChI=1S/C16H31N5O3S2.HI/c1-3-15(22)20-7-5-14(13-20)19-16(17-4-2)18-6-12-26(23,24)21-8-10-25-11-9-21;/h14H,3-13H2,1-2H3,(H2,17,18,19);1H. The van der Waals surface area contributed by atoms with Crippen molar-refractivity contribution in [2.24, 2.45) is 4.99 Å². The van der Waals surface area contributed by atoms with Crippen LogP contribution in [0.4, 0.5) is 0 Å². The normalized spacial score (nSPS) is 21.6. The van der Waals surface area contributed by atoms with Crippen LogP contribution in [0, 0.1) is 0 Å². The van der Waals surface area contributed by atoms with Crippen molar-refractivity contribution in [2.75, 3.05) is 56.5 Å². The molecule has 0 aromatic rings. The van der Waals surface area contributed by atoms with E-state index in [1.54, 1.807) is 16.1 Å². The molecule has 0 aromatic carbocycles. The van der Waals surface area contributed by atoms with Crippen LogP contribution in [0.25, 0.3) is 0 Å². The van der Waals surface area contributed by atoms with Crippen molar-refractivity contribution in [3.05, 3.63) is 0 Å². The Morgan fingerprint density at radius 2 is 1.93 bits per heavy atom. The lowest BCUT2D eigenvalue weighted by molar-refractivity contribution is -0.129. The molecule has 1 unspecified atom stereocenters. The average Bonchev–Trinajstić information content (AvgIpc) is 3.10. The van der Waals surface area contributed by atoms with Crippen molar-refractivity contribution >= 4 is 57.6 Å². The predicted octanol–water partition coefficient (Wildman–Crippen LogP) is 0.549. The number of sulfonamides is 1. The minimum absolute atomic E-state index is 0. The summed E-state index contributed by atoms with van der Waals surface area (Å²) < 4.78 is 26.3. The minimum Gasteiger partial charge on any atom is -0.357 e. The molecule has 1 atom stereocenters. The van der Waals surface area contributed by atoms with Crippen LogP contribution in [0.1, 0.15) is 26.7 Å². The van der Waals surface area contributed by atoms with E-state index >= 15 is 0 Å². The van der Waals surface area contributed by atoms with Gasteiger partial charge in [-0.1, -0.05) is 6.92 Å². The van der Waals surface area contributed by atoms with Crippen LogP contribution < -0.4 is 10.6 Å². The van der Waals surface area contributed by atoms with E-state index in [0.717, 1.165) is 24.5 Å². The highest BCUT2D eigenvalue weighted by molar-refractivity contribution is 14.0. The molecule has 0 spiro atoms. The summed E-state index contributed by atoms with van der Waals surface area (Å²) in [7, 11) is -3.24. The van der Waals surface area contributed by atoms with E-state index in [9.17, 15) is 13.2 Å². The van der Waals surface area contributed by atoms with Crippen molar-refractivity contribution in [3.63, 3.8) is 0 Å². The Morgan fingerprint density at radius 1 is 1.22 bits per heavy atom. The van der Waals surface area contributed by atoms with Gasteiger partial charge in [0.05, 0.1) is 12.3 Å². The molecule has 0 aliphatic carbocycles. The van der Waals surface area contributed by atoms with Gasteiger partial charge in [-0.2, -0.15) is 11.8 Å². The molecule has 2 rings (SSSR count). The van der Waals surface area contributed by atoms with Gasteiger partial charge in [0.2, 0.25) is 15.9 Å². The third-order valence-electron chi connectivity index (χ3n) is 4.51. The lowest BCUT2D eigenvalue weighted by Gasteiger charge is -2.25. The van der Waals surface area contributed by atoms with Gasteiger partial charge >= 0.3 is 0 Å². The van der Waals surface area contributed by atoms with Gasteiger partial charge < -0.3 is 15.5 Å². The molecule has 2 saturated heterocycles. The van der Waals surface area contributed by atoms with Crippen molar-refractivity contribution in [1.82, 2.24) is 19.8 Å². The van der Waals surface area contributed by atoms with Crippen LogP contribution in [-0.4, -0.2) is 92.1 Å². The Labute approximate surface area is 184 Å². The van der Waals surface area contributed by atoms with Gasteiger partial charge in [0.25, 0.3) is 0 Å². The molecule has 2 fully saturated rings. The van der Waals surface area contributed by atoms with E-state index in [1.165, 1.54) is 0 Å². The van der Waals surface area contributed by atoms with E-state index in [2.05, 4.69) is 15.6 Å². The van der Waals surface area contributed by atoms with Crippen LogP contribution in [0.15, 0.2) is 4.99 Å². The maximum absolute atomic E-state index is 12.4. The van der Waals surface area contributed by atoms with Gasteiger partial charge in [-0.05, 0) is 13.3 Å². The summed E-state index contributed by atoms with van der Waals surface area (Å²) in [5.74, 6) is 2.54. The number of nitrogens with one attached hydrogen (secondary N) is 2. The van der Waals surface area contributed by atoms with Crippen LogP contribution >= 0.6 is 35.7 Å². The number of halogens is 1. The second-order valence-corrected chi connectivity index (χ2v) is 9.72. The molecule has 2 aliphatic rings. The monoisotopic (exact) mass is 533 g/mol. The Bertz CT molecular complexity index is 597. The van der Waals surface area contributed by atoms with E-state index < -0.39 is 10.0 Å². The first-order valence-corrected chi connectivity index (χ1v) is 12.1. The number of amides is 1. The SMILES string of the molecule is CCNC(=NCCS(=O)(=O)N1CCSCC1)NC1CCN(C(=O)CC)C1.I. The van der Waals surface area contributed by atoms with Gasteiger partial charge in [0, 0.05) is 56.7 Å². The molecular weight excluding hydrogens is 501 g/mol. The summed E-state index contributed by atoms with van der Waals surface area (Å²) >= 11 is 1.79. The molecule has 1 amide bonds. The molecule has 27 heavy (non-hydrogen) atoms. The lowest BCUT2D eigenvalue weighted by atomic mass is 10.3. The highest BCUT2D eigenvalue weighted by Gasteiger charge is 2.26. The molecule has 8 nitrogen and oxygen atoms in total. The first kappa shape index (κ1) is 24.8. The fourth-order valence-corrected chi connectivity index (χ4v) is 5.52. The average molecular weight is 534 g/mol. The van der Waals surface area contributed by atoms with Gasteiger partial charge in [0.15, 0.2) is 5.96 Å². The van der Waals surface area contributed by atoms with Crippen LogP contribution in [0.2, 0.25) is 0 Å². The zero-order valence-corrected chi connectivity index (χ0v) is 20.1. The molecule has 2 N–H and O–H groups in total. The van der Waals surface area contributed by atoms with E-state index in [0.29, 0.717) is 38.6 Å². The van der Waals surface area contributed by atoms with Crippen molar-refractivity contribution in [3.8, 4) is 0 Å². The summed E-state index contributed by atoms with van der Waals surface area (Å²) in [6.45, 7) is 7.39. The zero-order valence-electron chi connectivity index (χ0n) is 16.1. The first-order chi connectivity index (χ1) is 12.5. The molecule has 0 radical (unpaired) electrons. The van der Waals surface area contributed by atoms with Crippen molar-refractivity contribution in [2.45, 2.75) is 32.7 Å². The summed E-state index contributed by atoms with van der Waals surface area (Å²) in [5, 5.41) is 6.48. The Kier molecular flexibility index (Phi) is 11.3. The highest BCUT2D eigenvalue weighted by atomic mass is 127. The van der Waals surface area contributed by atoms with E-state index in [4.69, 9.17) is 0 Å². The number of hydrogen-bond acceptors (Lipinski definition) is 5. The smallest absolute Gasteiger partial charge is 0.222 e. The Morgan fingerprint density at radius 3 is 2.56 bits per heavy atom. The fraction of sp³-hybridized carbons (Fsp3) is 0.875. The van der Waals surface area contributed by atoms with Crippen LogP contribution in [-0.2, 0) is 14.8 Å². The Balaban J connectivity index is 0.00000364. The number of nitrogens with zero attached hydrogens (tertiary/aromatic N) is 3. The number of carbonyl (C=O) groups excluding carboxylic acids is 1. The third kappa shape index (κ3) is 7.94. The quantitative estimate of drug-likeness (QED) is 0.282. The number of aliphatic imine (C=N–C) groups is 1. The van der Waals surface area contributed by atoms with Gasteiger partial charge in [0.1, 0.15) is 0 Å². The summed E-state index contributed by atoms with van der Waals surface area (Å²) in [6, 6.07) is 0.152. The number of guanidine groups is 1. The molecular formula is C16H32IN5O3S2. The van der Waals surface area contributed by atoms with Crippen molar-refractivity contribution < 1.29 is 13.2 Å². The van der Waals surface area contributed by atoms with Crippen LogP contribution in [0.3, 0.4) is 0 Å². The third-order valence-corrected chi connectivity index (χ3v) is 7.30. The molecule has 11 heteroatoms. The minimum atomic E-state index is -3.24.